The number of sulfonamides is 1. The summed E-state index contributed by atoms with van der Waals surface area (Å²) in [4.78, 5) is 14.4. The van der Waals surface area contributed by atoms with Gasteiger partial charge < -0.3 is 0 Å². The molecule has 0 spiro atoms. The fourth-order valence-electron chi connectivity index (χ4n) is 2.99. The van der Waals surface area contributed by atoms with Crippen LogP contribution >= 0.6 is 0 Å². The Hall–Kier alpha value is -2.32. The van der Waals surface area contributed by atoms with Gasteiger partial charge in [0, 0.05) is 31.1 Å². The molecule has 1 aliphatic heterocycles. The van der Waals surface area contributed by atoms with Crippen LogP contribution in [0.5, 0.6) is 0 Å². The molecule has 1 aliphatic rings. The van der Waals surface area contributed by atoms with Gasteiger partial charge in [-0.15, -0.1) is 0 Å². The summed E-state index contributed by atoms with van der Waals surface area (Å²) in [5.74, 6) is 0. The molecule has 1 saturated heterocycles. The number of pyridine rings is 1. The van der Waals surface area contributed by atoms with E-state index in [0.717, 1.165) is 24.5 Å². The molecule has 1 aromatic carbocycles. The Balaban J connectivity index is 2.00. The quantitative estimate of drug-likeness (QED) is 0.626. The van der Waals surface area contributed by atoms with Crippen LogP contribution in [-0.2, 0) is 10.0 Å². The summed E-state index contributed by atoms with van der Waals surface area (Å²) >= 11 is 0. The molecule has 2 aromatic rings. The topological polar surface area (TPSA) is 93.4 Å². The van der Waals surface area contributed by atoms with Crippen molar-refractivity contribution in [2.75, 3.05) is 6.54 Å². The molecule has 126 valence electrons. The van der Waals surface area contributed by atoms with E-state index in [0.29, 0.717) is 13.0 Å². The third kappa shape index (κ3) is 3.15. The van der Waals surface area contributed by atoms with E-state index in [1.54, 1.807) is 18.5 Å². The van der Waals surface area contributed by atoms with E-state index < -0.39 is 14.9 Å². The minimum Gasteiger partial charge on any atom is -0.264 e. The fraction of sp³-hybridized carbons (Fsp3) is 0.312. The zero-order valence-electron chi connectivity index (χ0n) is 12.9. The molecule has 0 unspecified atom stereocenters. The van der Waals surface area contributed by atoms with Crippen molar-refractivity contribution in [1.82, 2.24) is 9.29 Å². The first-order chi connectivity index (χ1) is 11.5. The van der Waals surface area contributed by atoms with Crippen molar-refractivity contribution in [2.45, 2.75) is 30.2 Å². The Morgan fingerprint density at radius 3 is 2.75 bits per heavy atom. The first-order valence-corrected chi connectivity index (χ1v) is 9.10. The van der Waals surface area contributed by atoms with Crippen LogP contribution in [-0.4, -0.2) is 29.2 Å². The predicted octanol–water partition coefficient (Wildman–Crippen LogP) is 2.91. The van der Waals surface area contributed by atoms with Crippen molar-refractivity contribution in [3.8, 4) is 0 Å². The highest BCUT2D eigenvalue weighted by atomic mass is 32.2. The van der Waals surface area contributed by atoms with Crippen molar-refractivity contribution >= 4 is 15.7 Å². The highest BCUT2D eigenvalue weighted by Gasteiger charge is 2.35. The van der Waals surface area contributed by atoms with E-state index >= 15 is 0 Å². The van der Waals surface area contributed by atoms with E-state index in [4.69, 9.17) is 0 Å². The number of aromatic nitrogens is 1. The molecule has 8 heteroatoms. The summed E-state index contributed by atoms with van der Waals surface area (Å²) < 4.78 is 27.5. The lowest BCUT2D eigenvalue weighted by Crippen LogP contribution is -2.38. The molecule has 1 atom stereocenters. The van der Waals surface area contributed by atoms with Crippen molar-refractivity contribution in [3.63, 3.8) is 0 Å². The van der Waals surface area contributed by atoms with Crippen LogP contribution in [0.3, 0.4) is 0 Å². The number of nitro benzene ring substituents is 1. The van der Waals surface area contributed by atoms with Crippen molar-refractivity contribution in [3.05, 3.63) is 64.5 Å². The molecule has 0 N–H and O–H groups in total. The number of hydrogen-bond donors (Lipinski definition) is 0. The zero-order valence-corrected chi connectivity index (χ0v) is 13.7. The molecule has 1 aromatic heterocycles. The summed E-state index contributed by atoms with van der Waals surface area (Å²) in [7, 11) is -3.81. The van der Waals surface area contributed by atoms with Crippen molar-refractivity contribution in [1.29, 1.82) is 0 Å². The largest absolute Gasteiger partial charge is 0.270 e. The maximum Gasteiger partial charge on any atom is 0.270 e. The predicted molar refractivity (Wildman–Crippen MR) is 87.8 cm³/mol. The van der Waals surface area contributed by atoms with Gasteiger partial charge in [-0.25, -0.2) is 8.42 Å². The molecule has 1 fully saturated rings. The molecular formula is C16H17N3O4S. The summed E-state index contributed by atoms with van der Waals surface area (Å²) in [6.45, 7) is 0.393. The maximum atomic E-state index is 13.0. The average molecular weight is 347 g/mol. The number of non-ortho nitro benzene ring substituents is 1. The van der Waals surface area contributed by atoms with Crippen LogP contribution in [0.4, 0.5) is 5.69 Å². The Kier molecular flexibility index (Phi) is 4.59. The smallest absolute Gasteiger partial charge is 0.264 e. The third-order valence-electron chi connectivity index (χ3n) is 4.16. The van der Waals surface area contributed by atoms with Gasteiger partial charge in [-0.05, 0) is 30.5 Å². The van der Waals surface area contributed by atoms with Crippen LogP contribution in [0.25, 0.3) is 0 Å². The molecule has 2 heterocycles. The molecule has 3 rings (SSSR count). The van der Waals surface area contributed by atoms with Crippen LogP contribution < -0.4 is 0 Å². The lowest BCUT2D eigenvalue weighted by molar-refractivity contribution is -0.385. The second kappa shape index (κ2) is 6.66. The van der Waals surface area contributed by atoms with Crippen LogP contribution in [0.15, 0.2) is 53.7 Å². The molecule has 0 bridgehead atoms. The molecule has 24 heavy (non-hydrogen) atoms. The minimum atomic E-state index is -3.81. The fourth-order valence-corrected chi connectivity index (χ4v) is 4.71. The molecule has 0 aliphatic carbocycles. The summed E-state index contributed by atoms with van der Waals surface area (Å²) in [6, 6.07) is 8.54. The number of nitrogens with zero attached hydrogens (tertiary/aromatic N) is 3. The monoisotopic (exact) mass is 347 g/mol. The van der Waals surface area contributed by atoms with Gasteiger partial charge in [0.05, 0.1) is 15.9 Å². The first-order valence-electron chi connectivity index (χ1n) is 7.66. The maximum absolute atomic E-state index is 13.0. The van der Waals surface area contributed by atoms with Gasteiger partial charge in [-0.1, -0.05) is 18.6 Å². The van der Waals surface area contributed by atoms with E-state index in [9.17, 15) is 18.5 Å². The SMILES string of the molecule is O=[N+]([O-])c1cccc(S(=O)(=O)N2CCCC[C@H]2c2cccnc2)c1. The van der Waals surface area contributed by atoms with Gasteiger partial charge in [-0.3, -0.25) is 15.1 Å². The summed E-state index contributed by atoms with van der Waals surface area (Å²) in [6.07, 6.45) is 5.73. The van der Waals surface area contributed by atoms with E-state index in [1.165, 1.54) is 22.5 Å². The number of piperidine rings is 1. The molecular weight excluding hydrogens is 330 g/mol. The van der Waals surface area contributed by atoms with Gasteiger partial charge in [0.2, 0.25) is 10.0 Å². The lowest BCUT2D eigenvalue weighted by Gasteiger charge is -2.34. The molecule has 0 amide bonds. The summed E-state index contributed by atoms with van der Waals surface area (Å²) in [5.41, 5.74) is 0.609. The van der Waals surface area contributed by atoms with Crippen LogP contribution in [0, 0.1) is 10.1 Å². The highest BCUT2D eigenvalue weighted by molar-refractivity contribution is 7.89. The van der Waals surface area contributed by atoms with E-state index in [1.807, 2.05) is 6.07 Å². The van der Waals surface area contributed by atoms with Gasteiger partial charge in [0.15, 0.2) is 0 Å². The van der Waals surface area contributed by atoms with Crippen molar-refractivity contribution < 1.29 is 13.3 Å². The summed E-state index contributed by atoms with van der Waals surface area (Å²) in [5, 5.41) is 10.9. The van der Waals surface area contributed by atoms with Crippen molar-refractivity contribution in [2.24, 2.45) is 0 Å². The second-order valence-corrected chi connectivity index (χ2v) is 7.56. The number of nitro groups is 1. The lowest BCUT2D eigenvalue weighted by atomic mass is 9.99. The Bertz CT molecular complexity index is 839. The van der Waals surface area contributed by atoms with Crippen LogP contribution in [0.2, 0.25) is 0 Å². The Morgan fingerprint density at radius 1 is 1.21 bits per heavy atom. The van der Waals surface area contributed by atoms with Crippen LogP contribution in [0.1, 0.15) is 30.9 Å². The van der Waals surface area contributed by atoms with Gasteiger partial charge >= 0.3 is 0 Å². The number of hydrogen-bond acceptors (Lipinski definition) is 5. The number of rotatable bonds is 4. The minimum absolute atomic E-state index is 0.0486. The van der Waals surface area contributed by atoms with Gasteiger partial charge in [0.25, 0.3) is 5.69 Å². The van der Waals surface area contributed by atoms with E-state index in [2.05, 4.69) is 4.98 Å². The van der Waals surface area contributed by atoms with Gasteiger partial charge in [-0.2, -0.15) is 4.31 Å². The molecule has 0 saturated carbocycles. The third-order valence-corrected chi connectivity index (χ3v) is 6.06. The highest BCUT2D eigenvalue weighted by Crippen LogP contribution is 2.35. The second-order valence-electron chi connectivity index (χ2n) is 5.67. The van der Waals surface area contributed by atoms with Gasteiger partial charge in [0.1, 0.15) is 0 Å². The first kappa shape index (κ1) is 16.5. The normalized spacial score (nSPS) is 19.1. The molecule has 7 nitrogen and oxygen atoms in total. The molecule has 0 radical (unpaired) electrons. The number of benzene rings is 1. The van der Waals surface area contributed by atoms with E-state index in [-0.39, 0.29) is 16.6 Å². The average Bonchev–Trinajstić information content (AvgIpc) is 2.62. The zero-order chi connectivity index (χ0) is 17.2. The Labute approximate surface area is 140 Å². The Morgan fingerprint density at radius 2 is 2.04 bits per heavy atom. The standard InChI is InChI=1S/C16H17N3O4S/c20-19(21)14-6-3-7-15(11-14)24(22,23)18-10-2-1-8-16(18)13-5-4-9-17-12-13/h3-7,9,11-12,16H,1-2,8,10H2/t16-/m0/s1.